The molecule has 1 saturated heterocycles. The van der Waals surface area contributed by atoms with Gasteiger partial charge in [-0.3, -0.25) is 0 Å². The predicted octanol–water partition coefficient (Wildman–Crippen LogP) is 6.93. The van der Waals surface area contributed by atoms with E-state index >= 15 is 0 Å². The lowest BCUT2D eigenvalue weighted by atomic mass is 9.86. The maximum atomic E-state index is 14.6. The number of ether oxygens (including phenoxy) is 2. The molecule has 0 bridgehead atoms. The van der Waals surface area contributed by atoms with Crippen LogP contribution in [0.5, 0.6) is 5.75 Å². The Bertz CT molecular complexity index is 1680. The first kappa shape index (κ1) is 28.7. The Morgan fingerprint density at radius 1 is 1.12 bits per heavy atom. The van der Waals surface area contributed by atoms with Crippen LogP contribution in [0.4, 0.5) is 14.6 Å². The van der Waals surface area contributed by atoms with Gasteiger partial charge >= 0.3 is 5.97 Å². The van der Waals surface area contributed by atoms with E-state index in [-0.39, 0.29) is 52.1 Å². The molecule has 13 heteroatoms. The summed E-state index contributed by atoms with van der Waals surface area (Å²) in [6, 6.07) is 8.23. The van der Waals surface area contributed by atoms with E-state index in [0.29, 0.717) is 33.9 Å². The van der Waals surface area contributed by atoms with Crippen LogP contribution in [0.2, 0.25) is 15.1 Å². The maximum absolute atomic E-state index is 14.6. The number of benzene rings is 2. The Balaban J connectivity index is 1.18. The molecule has 1 N–H and O–H groups in total. The molecule has 42 heavy (non-hydrogen) atoms. The Morgan fingerprint density at radius 2 is 1.83 bits per heavy atom. The zero-order valence-corrected chi connectivity index (χ0v) is 24.2. The molecule has 218 valence electrons. The first-order valence-electron chi connectivity index (χ1n) is 12.9. The summed E-state index contributed by atoms with van der Waals surface area (Å²) in [5, 5.41) is 15.8. The van der Waals surface area contributed by atoms with Crippen LogP contribution in [0.25, 0.3) is 11.3 Å². The molecule has 1 aliphatic heterocycles. The molecule has 0 radical (unpaired) electrons. The fourth-order valence-electron chi connectivity index (χ4n) is 5.01. The van der Waals surface area contributed by atoms with Gasteiger partial charge in [0.1, 0.15) is 35.2 Å². The molecule has 2 aromatic carbocycles. The third-order valence-corrected chi connectivity index (χ3v) is 8.19. The summed E-state index contributed by atoms with van der Waals surface area (Å²) in [6.07, 6.45) is 3.10. The van der Waals surface area contributed by atoms with Crippen LogP contribution in [-0.4, -0.2) is 41.4 Å². The molecule has 2 aromatic heterocycles. The molecular formula is C29H22Cl3F2N3O5. The number of halogens is 5. The van der Waals surface area contributed by atoms with Gasteiger partial charge in [-0.25, -0.2) is 18.6 Å². The highest BCUT2D eigenvalue weighted by Crippen LogP contribution is 2.46. The Hall–Kier alpha value is -3.44. The molecule has 2 fully saturated rings. The number of rotatable bonds is 8. The number of pyridine rings is 1. The van der Waals surface area contributed by atoms with E-state index in [0.717, 1.165) is 31.0 Å². The number of β-amino-alcohol motifs (C(OH)–C–C–N with tert-alkyl or cyclic N) is 1. The van der Waals surface area contributed by atoms with Crippen molar-refractivity contribution in [2.75, 3.05) is 25.1 Å². The fourth-order valence-corrected chi connectivity index (χ4v) is 6.00. The second kappa shape index (κ2) is 11.0. The number of esters is 1. The molecule has 0 spiro atoms. The highest BCUT2D eigenvalue weighted by atomic mass is 35.5. The van der Waals surface area contributed by atoms with E-state index in [1.807, 2.05) is 0 Å². The highest BCUT2D eigenvalue weighted by molar-refractivity contribution is 6.39. The minimum atomic E-state index is -1.36. The van der Waals surface area contributed by atoms with Crippen molar-refractivity contribution in [2.24, 2.45) is 0 Å². The number of hydrogen-bond donors (Lipinski definition) is 1. The average molecular weight is 637 g/mol. The Labute approximate surface area is 253 Å². The molecule has 8 nitrogen and oxygen atoms in total. The lowest BCUT2D eigenvalue weighted by Gasteiger charge is -2.47. The molecule has 1 saturated carbocycles. The predicted molar refractivity (Wildman–Crippen MR) is 151 cm³/mol. The maximum Gasteiger partial charge on any atom is 0.339 e. The van der Waals surface area contributed by atoms with Crippen molar-refractivity contribution in [3.05, 3.63) is 91.7 Å². The van der Waals surface area contributed by atoms with Gasteiger partial charge < -0.3 is 24.0 Å². The zero-order chi connectivity index (χ0) is 29.8. The smallest absolute Gasteiger partial charge is 0.339 e. The second-order valence-corrected chi connectivity index (χ2v) is 11.5. The zero-order valence-electron chi connectivity index (χ0n) is 22.0. The van der Waals surface area contributed by atoms with Crippen molar-refractivity contribution in [2.45, 2.75) is 31.0 Å². The molecule has 0 atom stereocenters. The molecule has 0 unspecified atom stereocenters. The molecular weight excluding hydrogens is 615 g/mol. The van der Waals surface area contributed by atoms with Crippen molar-refractivity contribution in [3.8, 4) is 17.0 Å². The monoisotopic (exact) mass is 635 g/mol. The summed E-state index contributed by atoms with van der Waals surface area (Å²) >= 11 is 19.2. The summed E-state index contributed by atoms with van der Waals surface area (Å²) in [5.74, 6) is -0.707. The lowest BCUT2D eigenvalue weighted by Crippen LogP contribution is -2.60. The molecule has 0 amide bonds. The van der Waals surface area contributed by atoms with Gasteiger partial charge in [0, 0.05) is 23.2 Å². The number of aromatic nitrogens is 2. The van der Waals surface area contributed by atoms with E-state index in [1.165, 1.54) is 18.2 Å². The Morgan fingerprint density at radius 3 is 2.45 bits per heavy atom. The minimum absolute atomic E-state index is 0.000702. The van der Waals surface area contributed by atoms with Crippen LogP contribution in [0.15, 0.2) is 47.1 Å². The SMILES string of the molecule is COC(=O)c1cnc(N2CC(O)(c3ccc(OCc4c(-c5c(Cl)cc(F)cc5Cl)noc4C4CC4)cc3Cl)C2)c(F)c1. The number of nitrogens with zero attached hydrogens (tertiary/aromatic N) is 3. The summed E-state index contributed by atoms with van der Waals surface area (Å²) in [4.78, 5) is 17.2. The van der Waals surface area contributed by atoms with Gasteiger partial charge in [0.15, 0.2) is 11.6 Å². The van der Waals surface area contributed by atoms with Gasteiger partial charge in [-0.2, -0.15) is 0 Å². The second-order valence-electron chi connectivity index (χ2n) is 10.2. The normalized spacial score (nSPS) is 15.8. The summed E-state index contributed by atoms with van der Waals surface area (Å²) in [7, 11) is 1.20. The van der Waals surface area contributed by atoms with Gasteiger partial charge in [-0.05, 0) is 43.2 Å². The van der Waals surface area contributed by atoms with Gasteiger partial charge in [-0.1, -0.05) is 46.0 Å². The first-order chi connectivity index (χ1) is 20.1. The van der Waals surface area contributed by atoms with Crippen molar-refractivity contribution < 1.29 is 32.7 Å². The molecule has 6 rings (SSSR count). The van der Waals surface area contributed by atoms with Gasteiger partial charge in [0.2, 0.25) is 0 Å². The van der Waals surface area contributed by atoms with E-state index < -0.39 is 23.2 Å². The topological polar surface area (TPSA) is 97.9 Å². The lowest BCUT2D eigenvalue weighted by molar-refractivity contribution is 0.00669. The van der Waals surface area contributed by atoms with E-state index in [1.54, 1.807) is 18.2 Å². The number of aliphatic hydroxyl groups is 1. The number of anilines is 1. The quantitative estimate of drug-likeness (QED) is 0.208. The summed E-state index contributed by atoms with van der Waals surface area (Å²) in [6.45, 7) is 0.111. The highest BCUT2D eigenvalue weighted by Gasteiger charge is 2.45. The van der Waals surface area contributed by atoms with Crippen LogP contribution >= 0.6 is 34.8 Å². The molecule has 1 aliphatic carbocycles. The van der Waals surface area contributed by atoms with Gasteiger partial charge in [0.05, 0.1) is 46.4 Å². The standard InChI is InChI=1S/C29H22Cl3F2N3O5/c1-40-28(38)15-6-23(34)27(35-10-15)37-12-29(39,13-37)19-5-4-17(9-20(19)30)41-11-18-25(36-42-26(18)14-2-3-14)24-21(31)7-16(33)8-22(24)32/h4-10,14,39H,2-3,11-13H2,1H3. The molecule has 3 heterocycles. The van der Waals surface area contributed by atoms with E-state index in [9.17, 15) is 18.7 Å². The van der Waals surface area contributed by atoms with Crippen molar-refractivity contribution >= 4 is 46.6 Å². The first-order valence-corrected chi connectivity index (χ1v) is 14.0. The number of methoxy groups -OCH3 is 1. The van der Waals surface area contributed by atoms with Crippen LogP contribution in [0.3, 0.4) is 0 Å². The van der Waals surface area contributed by atoms with Crippen LogP contribution in [-0.2, 0) is 16.9 Å². The molecule has 4 aromatic rings. The third-order valence-electron chi connectivity index (χ3n) is 7.28. The van der Waals surface area contributed by atoms with Crippen molar-refractivity contribution in [1.82, 2.24) is 10.1 Å². The Kier molecular flexibility index (Phi) is 7.51. The summed E-state index contributed by atoms with van der Waals surface area (Å²) in [5.41, 5.74) is 0.438. The number of carbonyl (C=O) groups is 1. The molecule has 2 aliphatic rings. The van der Waals surface area contributed by atoms with Crippen LogP contribution < -0.4 is 9.64 Å². The van der Waals surface area contributed by atoms with E-state index in [4.69, 9.17) is 44.1 Å². The van der Waals surface area contributed by atoms with Crippen molar-refractivity contribution in [1.29, 1.82) is 0 Å². The largest absolute Gasteiger partial charge is 0.489 e. The minimum Gasteiger partial charge on any atom is -0.489 e. The number of carbonyl (C=O) groups excluding carboxylic acids is 1. The summed E-state index contributed by atoms with van der Waals surface area (Å²) < 4.78 is 44.7. The van der Waals surface area contributed by atoms with E-state index in [2.05, 4.69) is 14.9 Å². The van der Waals surface area contributed by atoms with Gasteiger partial charge in [0.25, 0.3) is 0 Å². The van der Waals surface area contributed by atoms with Gasteiger partial charge in [-0.15, -0.1) is 0 Å². The van der Waals surface area contributed by atoms with Crippen LogP contribution in [0.1, 0.15) is 46.0 Å². The van der Waals surface area contributed by atoms with Crippen molar-refractivity contribution in [3.63, 3.8) is 0 Å². The average Bonchev–Trinajstić information content (AvgIpc) is 3.69. The van der Waals surface area contributed by atoms with Crippen LogP contribution in [0, 0.1) is 11.6 Å². The fraction of sp³-hybridized carbons (Fsp3) is 0.276. The third kappa shape index (κ3) is 5.28. The number of hydrogen-bond acceptors (Lipinski definition) is 8.